The number of rotatable bonds is 7. The highest BCUT2D eigenvalue weighted by Gasteiger charge is 2.12. The van der Waals surface area contributed by atoms with Gasteiger partial charge in [-0.25, -0.2) is 0 Å². The number of aromatic nitrogens is 2. The number of nitrogens with two attached hydrogens (primary N) is 1. The third-order valence-corrected chi connectivity index (χ3v) is 3.82. The lowest BCUT2D eigenvalue weighted by atomic mass is 10.2. The Kier molecular flexibility index (Phi) is 5.46. The van der Waals surface area contributed by atoms with Gasteiger partial charge < -0.3 is 20.3 Å². The van der Waals surface area contributed by atoms with Crippen molar-refractivity contribution in [2.45, 2.75) is 12.8 Å². The van der Waals surface area contributed by atoms with Crippen LogP contribution in [-0.2, 0) is 11.2 Å². The van der Waals surface area contributed by atoms with Crippen LogP contribution >= 0.6 is 0 Å². The number of amides is 2. The molecular formula is C19H18N4O4. The number of nitrogens with one attached hydrogen (secondary N) is 1. The molecule has 0 radical (unpaired) electrons. The lowest BCUT2D eigenvalue weighted by Gasteiger charge is -2.04. The van der Waals surface area contributed by atoms with Crippen molar-refractivity contribution in [3.05, 3.63) is 60.0 Å². The second-order valence-corrected chi connectivity index (χ2v) is 5.73. The molecule has 8 heteroatoms. The third kappa shape index (κ3) is 4.69. The molecule has 0 aliphatic rings. The maximum Gasteiger partial charge on any atom is 0.248 e. The Morgan fingerprint density at radius 2 is 1.96 bits per heavy atom. The average Bonchev–Trinajstić information content (AvgIpc) is 3.16. The minimum absolute atomic E-state index is 0.178. The Morgan fingerprint density at radius 1 is 1.19 bits per heavy atom. The van der Waals surface area contributed by atoms with E-state index in [2.05, 4.69) is 15.5 Å². The smallest absolute Gasteiger partial charge is 0.248 e. The first-order valence-electron chi connectivity index (χ1n) is 8.22. The number of methoxy groups -OCH3 is 1. The highest BCUT2D eigenvalue weighted by Crippen LogP contribution is 2.21. The molecule has 0 bridgehead atoms. The fourth-order valence-electron chi connectivity index (χ4n) is 2.40. The van der Waals surface area contributed by atoms with Crippen LogP contribution in [0.15, 0.2) is 53.1 Å². The molecule has 138 valence electrons. The van der Waals surface area contributed by atoms with Crippen molar-refractivity contribution >= 4 is 17.5 Å². The van der Waals surface area contributed by atoms with E-state index in [0.29, 0.717) is 35.1 Å². The maximum atomic E-state index is 12.1. The predicted octanol–water partition coefficient (Wildman–Crippen LogP) is 2.42. The van der Waals surface area contributed by atoms with Crippen LogP contribution in [0.2, 0.25) is 0 Å². The molecule has 2 aromatic carbocycles. The number of primary amides is 1. The first-order chi connectivity index (χ1) is 13.0. The van der Waals surface area contributed by atoms with Crippen LogP contribution in [-0.4, -0.2) is 29.1 Å². The standard InChI is InChI=1S/C19H18N4O4/c1-26-15-4-2-3-13(11-15)19-22-17(27-23-19)10-9-16(24)21-14-7-5-12(6-8-14)18(20)25/h2-8,11H,9-10H2,1H3,(H2,20,25)(H,21,24). The Labute approximate surface area is 155 Å². The molecule has 0 aliphatic heterocycles. The molecule has 3 aromatic rings. The van der Waals surface area contributed by atoms with E-state index in [0.717, 1.165) is 5.56 Å². The highest BCUT2D eigenvalue weighted by molar-refractivity contribution is 5.94. The second-order valence-electron chi connectivity index (χ2n) is 5.73. The molecule has 3 rings (SSSR count). The van der Waals surface area contributed by atoms with Crippen molar-refractivity contribution in [3.8, 4) is 17.1 Å². The summed E-state index contributed by atoms with van der Waals surface area (Å²) in [5.41, 5.74) is 6.90. The lowest BCUT2D eigenvalue weighted by Crippen LogP contribution is -2.13. The predicted molar refractivity (Wildman–Crippen MR) is 98.2 cm³/mol. The lowest BCUT2D eigenvalue weighted by molar-refractivity contribution is -0.116. The summed E-state index contributed by atoms with van der Waals surface area (Å²) < 4.78 is 10.4. The first kappa shape index (κ1) is 18.1. The van der Waals surface area contributed by atoms with E-state index in [1.54, 1.807) is 37.4 Å². The van der Waals surface area contributed by atoms with Crippen LogP contribution < -0.4 is 15.8 Å². The van der Waals surface area contributed by atoms with Gasteiger partial charge in [-0.3, -0.25) is 9.59 Å². The van der Waals surface area contributed by atoms with Crippen LogP contribution in [0.4, 0.5) is 5.69 Å². The zero-order valence-electron chi connectivity index (χ0n) is 14.6. The largest absolute Gasteiger partial charge is 0.497 e. The Bertz CT molecular complexity index is 950. The molecular weight excluding hydrogens is 348 g/mol. The van der Waals surface area contributed by atoms with Crippen molar-refractivity contribution in [2.24, 2.45) is 5.73 Å². The number of benzene rings is 2. The second kappa shape index (κ2) is 8.13. The van der Waals surface area contributed by atoms with Crippen LogP contribution in [0, 0.1) is 0 Å². The molecule has 0 atom stereocenters. The summed E-state index contributed by atoms with van der Waals surface area (Å²) in [6.07, 6.45) is 0.486. The van der Waals surface area contributed by atoms with Gasteiger partial charge in [-0.05, 0) is 36.4 Å². The SMILES string of the molecule is COc1cccc(-c2noc(CCC(=O)Nc3ccc(C(N)=O)cc3)n2)c1. The summed E-state index contributed by atoms with van der Waals surface area (Å²) in [5.74, 6) is 0.776. The molecule has 3 N–H and O–H groups in total. The Morgan fingerprint density at radius 3 is 2.67 bits per heavy atom. The number of carbonyl (C=O) groups is 2. The molecule has 27 heavy (non-hydrogen) atoms. The van der Waals surface area contributed by atoms with Gasteiger partial charge in [-0.1, -0.05) is 17.3 Å². The van der Waals surface area contributed by atoms with Gasteiger partial charge in [0.05, 0.1) is 7.11 Å². The van der Waals surface area contributed by atoms with E-state index in [1.165, 1.54) is 0 Å². The average molecular weight is 366 g/mol. The normalized spacial score (nSPS) is 10.4. The Balaban J connectivity index is 1.56. The summed E-state index contributed by atoms with van der Waals surface area (Å²) in [5, 5.41) is 6.67. The van der Waals surface area contributed by atoms with Crippen LogP contribution in [0.25, 0.3) is 11.4 Å². The monoisotopic (exact) mass is 366 g/mol. The third-order valence-electron chi connectivity index (χ3n) is 3.82. The molecule has 0 aliphatic carbocycles. The summed E-state index contributed by atoms with van der Waals surface area (Å²) in [6.45, 7) is 0. The summed E-state index contributed by atoms with van der Waals surface area (Å²) in [6, 6.07) is 13.6. The van der Waals surface area contributed by atoms with Crippen molar-refractivity contribution in [2.75, 3.05) is 12.4 Å². The molecule has 0 fully saturated rings. The minimum atomic E-state index is -0.517. The van der Waals surface area contributed by atoms with Gasteiger partial charge in [0.25, 0.3) is 0 Å². The van der Waals surface area contributed by atoms with Gasteiger partial charge in [-0.2, -0.15) is 4.98 Å². The number of hydrogen-bond donors (Lipinski definition) is 2. The Hall–Kier alpha value is -3.68. The number of nitrogens with zero attached hydrogens (tertiary/aromatic N) is 2. The van der Waals surface area contributed by atoms with E-state index in [9.17, 15) is 9.59 Å². The molecule has 1 aromatic heterocycles. The zero-order valence-corrected chi connectivity index (χ0v) is 14.6. The van der Waals surface area contributed by atoms with Crippen molar-refractivity contribution in [1.82, 2.24) is 10.1 Å². The number of aryl methyl sites for hydroxylation is 1. The van der Waals surface area contributed by atoms with E-state index in [-0.39, 0.29) is 12.3 Å². The zero-order chi connectivity index (χ0) is 19.2. The van der Waals surface area contributed by atoms with Crippen LogP contribution in [0.3, 0.4) is 0 Å². The van der Waals surface area contributed by atoms with E-state index in [1.807, 2.05) is 18.2 Å². The number of anilines is 1. The topological polar surface area (TPSA) is 120 Å². The quantitative estimate of drug-likeness (QED) is 0.662. The van der Waals surface area contributed by atoms with E-state index in [4.69, 9.17) is 15.0 Å². The molecule has 0 unspecified atom stereocenters. The van der Waals surface area contributed by atoms with Crippen LogP contribution in [0.1, 0.15) is 22.7 Å². The van der Waals surface area contributed by atoms with Gasteiger partial charge >= 0.3 is 0 Å². The van der Waals surface area contributed by atoms with Gasteiger partial charge in [0, 0.05) is 29.7 Å². The molecule has 0 saturated heterocycles. The fourth-order valence-corrected chi connectivity index (χ4v) is 2.40. The molecule has 0 saturated carbocycles. The number of carbonyl (C=O) groups excluding carboxylic acids is 2. The number of ether oxygens (including phenoxy) is 1. The summed E-state index contributed by atoms with van der Waals surface area (Å²) in [7, 11) is 1.58. The number of hydrogen-bond acceptors (Lipinski definition) is 6. The van der Waals surface area contributed by atoms with Crippen molar-refractivity contribution < 1.29 is 18.8 Å². The van der Waals surface area contributed by atoms with E-state index < -0.39 is 5.91 Å². The van der Waals surface area contributed by atoms with E-state index >= 15 is 0 Å². The fraction of sp³-hybridized carbons (Fsp3) is 0.158. The van der Waals surface area contributed by atoms with Gasteiger partial charge in [0.2, 0.25) is 23.5 Å². The highest BCUT2D eigenvalue weighted by atomic mass is 16.5. The molecule has 2 amide bonds. The first-order valence-corrected chi connectivity index (χ1v) is 8.22. The van der Waals surface area contributed by atoms with Gasteiger partial charge in [-0.15, -0.1) is 0 Å². The molecule has 8 nitrogen and oxygen atoms in total. The van der Waals surface area contributed by atoms with Crippen molar-refractivity contribution in [3.63, 3.8) is 0 Å². The molecule has 0 spiro atoms. The summed E-state index contributed by atoms with van der Waals surface area (Å²) >= 11 is 0. The minimum Gasteiger partial charge on any atom is -0.497 e. The van der Waals surface area contributed by atoms with Gasteiger partial charge in [0.1, 0.15) is 5.75 Å². The van der Waals surface area contributed by atoms with Crippen molar-refractivity contribution in [1.29, 1.82) is 0 Å². The maximum absolute atomic E-state index is 12.1. The van der Waals surface area contributed by atoms with Crippen LogP contribution in [0.5, 0.6) is 5.75 Å². The van der Waals surface area contributed by atoms with Gasteiger partial charge in [0.15, 0.2) is 0 Å². The summed E-state index contributed by atoms with van der Waals surface area (Å²) in [4.78, 5) is 27.4. The molecule has 1 heterocycles.